The highest BCUT2D eigenvalue weighted by molar-refractivity contribution is 5.87. The average molecular weight is 126 g/mol. The molecule has 0 aromatic carbocycles. The normalized spacial score (nSPS) is 48.6. The zero-order valence-electron chi connectivity index (χ0n) is 5.52. The summed E-state index contributed by atoms with van der Waals surface area (Å²) >= 11 is 0. The van der Waals surface area contributed by atoms with Crippen molar-refractivity contribution in [2.75, 3.05) is 0 Å². The number of ether oxygens (including phenoxy) is 1. The van der Waals surface area contributed by atoms with Gasteiger partial charge in [-0.2, -0.15) is 0 Å². The summed E-state index contributed by atoms with van der Waals surface area (Å²) in [5, 5.41) is 0. The lowest BCUT2D eigenvalue weighted by Gasteiger charge is -2.09. The first-order chi connectivity index (χ1) is 4.22. The summed E-state index contributed by atoms with van der Waals surface area (Å²) in [5.41, 5.74) is -0.0324. The van der Waals surface area contributed by atoms with Crippen LogP contribution >= 0.6 is 0 Å². The largest absolute Gasteiger partial charge is 0.358 e. The van der Waals surface area contributed by atoms with Crippen LogP contribution in [0.25, 0.3) is 0 Å². The molecule has 50 valence electrons. The molecule has 2 heteroatoms. The maximum Gasteiger partial charge on any atom is 0.164 e. The van der Waals surface area contributed by atoms with Crippen LogP contribution in [0.2, 0.25) is 0 Å². The fraction of sp³-hybridized carbons (Fsp3) is 0.857. The van der Waals surface area contributed by atoms with Gasteiger partial charge in [-0.3, -0.25) is 4.79 Å². The van der Waals surface area contributed by atoms with Gasteiger partial charge in [0.2, 0.25) is 0 Å². The Bertz CT molecular complexity index is 164. The number of rotatable bonds is 0. The summed E-state index contributed by atoms with van der Waals surface area (Å²) in [5.74, 6) is 0.309. The minimum atomic E-state index is -0.0324. The van der Waals surface area contributed by atoms with Crippen molar-refractivity contribution < 1.29 is 9.53 Å². The lowest BCUT2D eigenvalue weighted by Crippen LogP contribution is -2.22. The molecule has 2 nitrogen and oxygen atoms in total. The van der Waals surface area contributed by atoms with Gasteiger partial charge < -0.3 is 4.74 Å². The van der Waals surface area contributed by atoms with Gasteiger partial charge in [0.05, 0.1) is 5.60 Å². The van der Waals surface area contributed by atoms with Crippen molar-refractivity contribution in [1.29, 1.82) is 0 Å². The highest BCUT2D eigenvalue weighted by Crippen LogP contribution is 2.45. The molecule has 2 fully saturated rings. The Balaban J connectivity index is 2.16. The van der Waals surface area contributed by atoms with Gasteiger partial charge in [0.15, 0.2) is 5.78 Å². The molecule has 1 aliphatic carbocycles. The lowest BCUT2D eigenvalue weighted by atomic mass is 9.90. The zero-order valence-corrected chi connectivity index (χ0v) is 5.52. The van der Waals surface area contributed by atoms with E-state index in [4.69, 9.17) is 4.74 Å². The van der Waals surface area contributed by atoms with E-state index in [-0.39, 0.29) is 11.7 Å². The predicted molar refractivity (Wildman–Crippen MR) is 32.1 cm³/mol. The van der Waals surface area contributed by atoms with Gasteiger partial charge in [-0.1, -0.05) is 0 Å². The molecule has 1 saturated carbocycles. The van der Waals surface area contributed by atoms with E-state index in [0.29, 0.717) is 5.78 Å². The Kier molecular flexibility index (Phi) is 0.826. The fourth-order valence-corrected chi connectivity index (χ4v) is 1.58. The SMILES string of the molecule is C[C@]12CCCC(=O)[C@H]1O2. The maximum atomic E-state index is 10.9. The minimum Gasteiger partial charge on any atom is -0.358 e. The van der Waals surface area contributed by atoms with E-state index in [1.165, 1.54) is 0 Å². The second-order valence-corrected chi connectivity index (χ2v) is 3.13. The van der Waals surface area contributed by atoms with E-state index >= 15 is 0 Å². The second kappa shape index (κ2) is 1.37. The summed E-state index contributed by atoms with van der Waals surface area (Å²) in [6, 6.07) is 0. The molecule has 2 atom stereocenters. The molecule has 0 aromatic heterocycles. The standard InChI is InChI=1S/C7H10O2/c1-7-4-2-3-5(8)6(7)9-7/h6H,2-4H2,1H3/t6-,7+/m1/s1. The summed E-state index contributed by atoms with van der Waals surface area (Å²) < 4.78 is 5.23. The monoisotopic (exact) mass is 126 g/mol. The number of ketones is 1. The Hall–Kier alpha value is -0.370. The number of carbonyl (C=O) groups excluding carboxylic acids is 1. The molecule has 2 rings (SSSR count). The van der Waals surface area contributed by atoms with Crippen LogP contribution in [-0.2, 0) is 9.53 Å². The number of hydrogen-bond donors (Lipinski definition) is 0. The number of fused-ring (bicyclic) bond motifs is 1. The molecule has 0 amide bonds. The maximum absolute atomic E-state index is 10.9. The van der Waals surface area contributed by atoms with Crippen LogP contribution in [0.5, 0.6) is 0 Å². The summed E-state index contributed by atoms with van der Waals surface area (Å²) in [7, 11) is 0. The quantitative estimate of drug-likeness (QED) is 0.451. The van der Waals surface area contributed by atoms with Crippen molar-refractivity contribution >= 4 is 5.78 Å². The van der Waals surface area contributed by atoms with E-state index in [1.54, 1.807) is 0 Å². The van der Waals surface area contributed by atoms with Crippen LogP contribution in [0.4, 0.5) is 0 Å². The van der Waals surface area contributed by atoms with Gasteiger partial charge >= 0.3 is 0 Å². The van der Waals surface area contributed by atoms with E-state index in [0.717, 1.165) is 19.3 Å². The Morgan fingerprint density at radius 2 is 2.56 bits per heavy atom. The summed E-state index contributed by atoms with van der Waals surface area (Å²) in [6.07, 6.45) is 2.81. The molecule has 0 spiro atoms. The lowest BCUT2D eigenvalue weighted by molar-refractivity contribution is -0.120. The van der Waals surface area contributed by atoms with Crippen LogP contribution < -0.4 is 0 Å². The molecule has 0 radical (unpaired) electrons. The Morgan fingerprint density at radius 3 is 3.11 bits per heavy atom. The molecule has 0 unspecified atom stereocenters. The van der Waals surface area contributed by atoms with Crippen molar-refractivity contribution in [3.05, 3.63) is 0 Å². The van der Waals surface area contributed by atoms with Crippen molar-refractivity contribution in [2.45, 2.75) is 37.9 Å². The molecule has 1 aliphatic heterocycles. The van der Waals surface area contributed by atoms with Gasteiger partial charge in [-0.05, 0) is 19.8 Å². The third-order valence-corrected chi connectivity index (χ3v) is 2.27. The van der Waals surface area contributed by atoms with Crippen LogP contribution in [0, 0.1) is 0 Å². The molecule has 0 bridgehead atoms. The Labute approximate surface area is 54.2 Å². The highest BCUT2D eigenvalue weighted by atomic mass is 16.6. The van der Waals surface area contributed by atoms with E-state index in [2.05, 4.69) is 0 Å². The molecular weight excluding hydrogens is 116 g/mol. The van der Waals surface area contributed by atoms with Gasteiger partial charge in [0.1, 0.15) is 6.10 Å². The highest BCUT2D eigenvalue weighted by Gasteiger charge is 2.57. The first-order valence-corrected chi connectivity index (χ1v) is 3.43. The third kappa shape index (κ3) is 0.628. The van der Waals surface area contributed by atoms with E-state index in [1.807, 2.05) is 6.92 Å². The molecule has 0 aromatic rings. The van der Waals surface area contributed by atoms with E-state index < -0.39 is 0 Å². The van der Waals surface area contributed by atoms with Crippen LogP contribution in [0.15, 0.2) is 0 Å². The van der Waals surface area contributed by atoms with Crippen LogP contribution in [-0.4, -0.2) is 17.5 Å². The van der Waals surface area contributed by atoms with Crippen molar-refractivity contribution in [1.82, 2.24) is 0 Å². The van der Waals surface area contributed by atoms with Crippen molar-refractivity contribution in [2.24, 2.45) is 0 Å². The fourth-order valence-electron chi connectivity index (χ4n) is 1.58. The number of hydrogen-bond acceptors (Lipinski definition) is 2. The number of Topliss-reactive ketones (excluding diaryl/α,β-unsaturated/α-hetero) is 1. The third-order valence-electron chi connectivity index (χ3n) is 2.27. The molecular formula is C7H10O2. The van der Waals surface area contributed by atoms with Crippen molar-refractivity contribution in [3.63, 3.8) is 0 Å². The van der Waals surface area contributed by atoms with Gasteiger partial charge in [0, 0.05) is 6.42 Å². The summed E-state index contributed by atoms with van der Waals surface area (Å²) in [4.78, 5) is 10.9. The predicted octanol–water partition coefficient (Wildman–Crippen LogP) is 0.897. The molecule has 0 N–H and O–H groups in total. The smallest absolute Gasteiger partial charge is 0.164 e. The first kappa shape index (κ1) is 5.42. The molecule has 1 saturated heterocycles. The van der Waals surface area contributed by atoms with E-state index in [9.17, 15) is 4.79 Å². The van der Waals surface area contributed by atoms with Crippen LogP contribution in [0.3, 0.4) is 0 Å². The molecule has 2 aliphatic rings. The minimum absolute atomic E-state index is 0.0220. The average Bonchev–Trinajstić information content (AvgIpc) is 2.43. The first-order valence-electron chi connectivity index (χ1n) is 3.43. The Morgan fingerprint density at radius 1 is 1.78 bits per heavy atom. The number of carbonyl (C=O) groups is 1. The summed E-state index contributed by atoms with van der Waals surface area (Å²) in [6.45, 7) is 2.02. The van der Waals surface area contributed by atoms with Gasteiger partial charge in [-0.15, -0.1) is 0 Å². The van der Waals surface area contributed by atoms with Gasteiger partial charge in [-0.25, -0.2) is 0 Å². The van der Waals surface area contributed by atoms with Gasteiger partial charge in [0.25, 0.3) is 0 Å². The van der Waals surface area contributed by atoms with Crippen molar-refractivity contribution in [3.8, 4) is 0 Å². The molecule has 1 heterocycles. The molecule has 9 heavy (non-hydrogen) atoms. The number of epoxide rings is 1. The zero-order chi connectivity index (χ0) is 6.48. The topological polar surface area (TPSA) is 29.6 Å². The van der Waals surface area contributed by atoms with Crippen LogP contribution in [0.1, 0.15) is 26.2 Å². The second-order valence-electron chi connectivity index (χ2n) is 3.13.